The number of nitrogens with zero attached hydrogens (tertiary/aromatic N) is 2. The normalized spacial score (nSPS) is 11.0. The zero-order valence-electron chi connectivity index (χ0n) is 21.1. The molecule has 0 fully saturated rings. The van der Waals surface area contributed by atoms with Crippen LogP contribution in [-0.4, -0.2) is 33.1 Å². The zero-order valence-corrected chi connectivity index (χ0v) is 21.9. The van der Waals surface area contributed by atoms with Crippen LogP contribution in [0.1, 0.15) is 45.2 Å². The topological polar surface area (TPSA) is 88.1 Å². The lowest BCUT2D eigenvalue weighted by atomic mass is 9.82. The number of rotatable bonds is 6. The van der Waals surface area contributed by atoms with Gasteiger partial charge in [-0.3, -0.25) is 5.10 Å². The standard InChI is InChI=1S/C23H27ClO3.C6H5N3/c1-15(2)22(26)27-12-6-7-16-13-19(17-8-10-18(24)11-9-17)21(25)20(14-16)23(3,4)5;1-2-4-6-5(3-1)7-9-8-6/h8-11,13-14,25H,1,6-7,12H2,2-5H3;1-4H,(H,7,8,9). The van der Waals surface area contributed by atoms with Crippen LogP contribution < -0.4 is 0 Å². The van der Waals surface area contributed by atoms with E-state index >= 15 is 0 Å². The van der Waals surface area contributed by atoms with Gasteiger partial charge < -0.3 is 9.84 Å². The number of aryl methyl sites for hydroxylation is 1. The highest BCUT2D eigenvalue weighted by Crippen LogP contribution is 2.40. The number of nitrogens with one attached hydrogen (secondary N) is 1. The minimum Gasteiger partial charge on any atom is -0.507 e. The van der Waals surface area contributed by atoms with Crippen molar-refractivity contribution < 1.29 is 14.6 Å². The van der Waals surface area contributed by atoms with E-state index in [0.717, 1.165) is 39.7 Å². The summed E-state index contributed by atoms with van der Waals surface area (Å²) < 4.78 is 5.17. The number of H-pyrrole nitrogens is 1. The molecule has 6 nitrogen and oxygen atoms in total. The number of aromatic nitrogens is 3. The van der Waals surface area contributed by atoms with Gasteiger partial charge in [-0.15, -0.1) is 5.10 Å². The van der Waals surface area contributed by atoms with Gasteiger partial charge in [0.15, 0.2) is 0 Å². The Balaban J connectivity index is 0.000000331. The van der Waals surface area contributed by atoms with Gasteiger partial charge in [0.2, 0.25) is 0 Å². The second-order valence-electron chi connectivity index (χ2n) is 9.65. The first kappa shape index (κ1) is 27.0. The van der Waals surface area contributed by atoms with Crippen molar-refractivity contribution in [2.45, 2.75) is 46.0 Å². The summed E-state index contributed by atoms with van der Waals surface area (Å²) >= 11 is 6.00. The predicted octanol–water partition coefficient (Wildman–Crippen LogP) is 7.02. The first-order valence-corrected chi connectivity index (χ1v) is 12.1. The molecule has 0 aliphatic carbocycles. The van der Waals surface area contributed by atoms with Gasteiger partial charge in [-0.2, -0.15) is 0 Å². The minimum atomic E-state index is -0.363. The fourth-order valence-corrected chi connectivity index (χ4v) is 3.74. The Hall–Kier alpha value is -3.64. The van der Waals surface area contributed by atoms with E-state index in [4.69, 9.17) is 16.3 Å². The highest BCUT2D eigenvalue weighted by atomic mass is 35.5. The highest BCUT2D eigenvalue weighted by molar-refractivity contribution is 6.30. The molecule has 1 heterocycles. The number of benzene rings is 3. The molecule has 0 aliphatic rings. The second kappa shape index (κ2) is 11.9. The maximum Gasteiger partial charge on any atom is 0.333 e. The van der Waals surface area contributed by atoms with Gasteiger partial charge in [-0.1, -0.05) is 74.5 Å². The van der Waals surface area contributed by atoms with Crippen molar-refractivity contribution in [3.05, 3.63) is 89.0 Å². The number of carbonyl (C=O) groups excluding carboxylic acids is 1. The maximum absolute atomic E-state index is 11.5. The molecule has 0 saturated carbocycles. The largest absolute Gasteiger partial charge is 0.507 e. The molecule has 188 valence electrons. The summed E-state index contributed by atoms with van der Waals surface area (Å²) in [6, 6.07) is 19.2. The third-order valence-corrected chi connectivity index (χ3v) is 5.81. The fourth-order valence-electron chi connectivity index (χ4n) is 3.61. The Morgan fingerprint density at radius 3 is 2.44 bits per heavy atom. The minimum absolute atomic E-state index is 0.201. The predicted molar refractivity (Wildman–Crippen MR) is 145 cm³/mol. The average molecular weight is 506 g/mol. The van der Waals surface area contributed by atoms with Crippen molar-refractivity contribution in [2.24, 2.45) is 0 Å². The van der Waals surface area contributed by atoms with Crippen LogP contribution in [0.4, 0.5) is 0 Å². The Morgan fingerprint density at radius 2 is 1.81 bits per heavy atom. The first-order chi connectivity index (χ1) is 17.1. The molecule has 0 spiro atoms. The molecule has 0 amide bonds. The van der Waals surface area contributed by atoms with Crippen molar-refractivity contribution in [1.29, 1.82) is 0 Å². The van der Waals surface area contributed by atoms with E-state index in [2.05, 4.69) is 42.8 Å². The quantitative estimate of drug-likeness (QED) is 0.167. The van der Waals surface area contributed by atoms with Crippen molar-refractivity contribution >= 4 is 28.6 Å². The van der Waals surface area contributed by atoms with Gasteiger partial charge in [-0.25, -0.2) is 4.79 Å². The van der Waals surface area contributed by atoms with Crippen LogP contribution in [0.2, 0.25) is 5.02 Å². The number of hydrogen-bond acceptors (Lipinski definition) is 5. The molecule has 0 unspecified atom stereocenters. The Labute approximate surface area is 217 Å². The second-order valence-corrected chi connectivity index (χ2v) is 10.1. The Kier molecular flexibility index (Phi) is 8.88. The molecule has 2 N–H and O–H groups in total. The van der Waals surface area contributed by atoms with Crippen LogP contribution in [-0.2, 0) is 21.4 Å². The third kappa shape index (κ3) is 7.18. The molecule has 7 heteroatoms. The van der Waals surface area contributed by atoms with E-state index in [1.807, 2.05) is 60.7 Å². The SMILES string of the molecule is C=C(C)C(=O)OCCCc1cc(-c2ccc(Cl)cc2)c(O)c(C(C)(C)C)c1.c1ccc2[nH]nnc2c1. The van der Waals surface area contributed by atoms with E-state index in [0.29, 0.717) is 29.4 Å². The van der Waals surface area contributed by atoms with Gasteiger partial charge in [0.1, 0.15) is 11.3 Å². The summed E-state index contributed by atoms with van der Waals surface area (Å²) in [6.45, 7) is 11.8. The van der Waals surface area contributed by atoms with Gasteiger partial charge in [0, 0.05) is 21.7 Å². The smallest absolute Gasteiger partial charge is 0.333 e. The molecule has 4 aromatic rings. The summed E-state index contributed by atoms with van der Waals surface area (Å²) in [6.07, 6.45) is 1.45. The highest BCUT2D eigenvalue weighted by Gasteiger charge is 2.22. The summed E-state index contributed by atoms with van der Waals surface area (Å²) in [4.78, 5) is 11.5. The van der Waals surface area contributed by atoms with Crippen LogP contribution in [0, 0.1) is 0 Å². The van der Waals surface area contributed by atoms with Crippen LogP contribution >= 0.6 is 11.6 Å². The van der Waals surface area contributed by atoms with E-state index in [9.17, 15) is 9.90 Å². The first-order valence-electron chi connectivity index (χ1n) is 11.8. The number of ether oxygens (including phenoxy) is 1. The maximum atomic E-state index is 11.5. The number of carbonyl (C=O) groups is 1. The number of esters is 1. The van der Waals surface area contributed by atoms with E-state index in [1.165, 1.54) is 0 Å². The van der Waals surface area contributed by atoms with Gasteiger partial charge in [-0.05, 0) is 66.6 Å². The number of aromatic hydroxyl groups is 1. The molecular formula is C29H32ClN3O3. The molecule has 0 radical (unpaired) electrons. The Bertz CT molecular complexity index is 1310. The molecule has 0 bridgehead atoms. The third-order valence-electron chi connectivity index (χ3n) is 5.56. The van der Waals surface area contributed by atoms with Crippen LogP contribution in [0.3, 0.4) is 0 Å². The molecule has 0 saturated heterocycles. The van der Waals surface area contributed by atoms with Crippen LogP contribution in [0.15, 0.2) is 72.8 Å². The number of aromatic amines is 1. The number of fused-ring (bicyclic) bond motifs is 1. The molecule has 0 atom stereocenters. The summed E-state index contributed by atoms with van der Waals surface area (Å²) in [5.74, 6) is -0.0692. The zero-order chi connectivity index (χ0) is 26.3. The summed E-state index contributed by atoms with van der Waals surface area (Å²) in [7, 11) is 0. The molecule has 4 rings (SSSR count). The number of phenolic OH excluding ortho intramolecular Hbond substituents is 1. The lowest BCUT2D eigenvalue weighted by Gasteiger charge is -2.23. The number of hydrogen-bond donors (Lipinski definition) is 2. The molecule has 3 aromatic carbocycles. The van der Waals surface area contributed by atoms with Crippen molar-refractivity contribution in [2.75, 3.05) is 6.61 Å². The molecule has 0 aliphatic heterocycles. The summed E-state index contributed by atoms with van der Waals surface area (Å²) in [5, 5.41) is 21.7. The van der Waals surface area contributed by atoms with Gasteiger partial charge in [0.05, 0.1) is 12.1 Å². The van der Waals surface area contributed by atoms with Crippen molar-refractivity contribution in [1.82, 2.24) is 15.4 Å². The fraction of sp³-hybridized carbons (Fsp3) is 0.276. The molecule has 36 heavy (non-hydrogen) atoms. The molecule has 1 aromatic heterocycles. The van der Waals surface area contributed by atoms with Crippen LogP contribution in [0.5, 0.6) is 5.75 Å². The van der Waals surface area contributed by atoms with Gasteiger partial charge in [0.25, 0.3) is 0 Å². The number of para-hydroxylation sites is 1. The van der Waals surface area contributed by atoms with E-state index < -0.39 is 0 Å². The monoisotopic (exact) mass is 505 g/mol. The van der Waals surface area contributed by atoms with Crippen LogP contribution in [0.25, 0.3) is 22.2 Å². The lowest BCUT2D eigenvalue weighted by molar-refractivity contribution is -0.139. The van der Waals surface area contributed by atoms with Crippen molar-refractivity contribution in [3.63, 3.8) is 0 Å². The summed E-state index contributed by atoms with van der Waals surface area (Å²) in [5.41, 5.74) is 5.78. The lowest BCUT2D eigenvalue weighted by Crippen LogP contribution is -2.13. The van der Waals surface area contributed by atoms with Crippen molar-refractivity contribution in [3.8, 4) is 16.9 Å². The average Bonchev–Trinajstić information content (AvgIpc) is 3.31. The van der Waals surface area contributed by atoms with Gasteiger partial charge >= 0.3 is 5.97 Å². The number of halogens is 1. The Morgan fingerprint density at radius 1 is 1.11 bits per heavy atom. The van der Waals surface area contributed by atoms with E-state index in [1.54, 1.807) is 6.92 Å². The molecular weight excluding hydrogens is 474 g/mol. The number of phenols is 1. The van der Waals surface area contributed by atoms with E-state index in [-0.39, 0.29) is 11.4 Å².